The van der Waals surface area contributed by atoms with Gasteiger partial charge < -0.3 is 10.4 Å². The van der Waals surface area contributed by atoms with Crippen molar-refractivity contribution in [2.45, 2.75) is 17.1 Å². The third-order valence-corrected chi connectivity index (χ3v) is 4.81. The van der Waals surface area contributed by atoms with E-state index in [0.717, 1.165) is 9.77 Å². The number of benzene rings is 1. The molecule has 0 saturated carbocycles. The highest BCUT2D eigenvalue weighted by molar-refractivity contribution is 8.01. The zero-order valence-corrected chi connectivity index (χ0v) is 12.9. The minimum atomic E-state index is -0.822. The average molecular weight is 321 g/mol. The number of anilines is 1. The van der Waals surface area contributed by atoms with Gasteiger partial charge in [0.15, 0.2) is 0 Å². The van der Waals surface area contributed by atoms with Crippen LogP contribution in [0.15, 0.2) is 46.0 Å². The van der Waals surface area contributed by atoms with Crippen LogP contribution in [0.3, 0.4) is 0 Å². The first kappa shape index (κ1) is 15.6. The second-order valence-corrected chi connectivity index (χ2v) is 6.59. The van der Waals surface area contributed by atoms with Gasteiger partial charge in [0.1, 0.15) is 0 Å². The lowest BCUT2D eigenvalue weighted by Gasteiger charge is -2.06. The summed E-state index contributed by atoms with van der Waals surface area (Å²) in [5.74, 6) is -0.527. The maximum Gasteiger partial charge on any atom is 0.303 e. The fourth-order valence-electron chi connectivity index (χ4n) is 1.74. The van der Waals surface area contributed by atoms with Crippen LogP contribution in [-0.4, -0.2) is 22.7 Å². The van der Waals surface area contributed by atoms with E-state index < -0.39 is 5.97 Å². The molecule has 0 spiro atoms. The summed E-state index contributed by atoms with van der Waals surface area (Å²) in [5.41, 5.74) is 1.61. The maximum atomic E-state index is 11.9. The number of rotatable bonds is 7. The number of carbonyl (C=O) groups excluding carboxylic acids is 1. The van der Waals surface area contributed by atoms with Crippen LogP contribution in [0.25, 0.3) is 0 Å². The summed E-state index contributed by atoms with van der Waals surface area (Å²) < 4.78 is 1.11. The Kier molecular flexibility index (Phi) is 5.83. The molecule has 0 aliphatic rings. The van der Waals surface area contributed by atoms with Gasteiger partial charge in [-0.3, -0.25) is 9.59 Å². The second kappa shape index (κ2) is 7.85. The zero-order chi connectivity index (χ0) is 15.1. The number of aliphatic carboxylic acids is 1. The lowest BCUT2D eigenvalue weighted by atomic mass is 10.1. The minimum Gasteiger partial charge on any atom is -0.481 e. The number of aryl methyl sites for hydroxylation is 1. The summed E-state index contributed by atoms with van der Waals surface area (Å²) in [6.45, 7) is 0. The number of carbonyl (C=O) groups is 2. The first-order valence-electron chi connectivity index (χ1n) is 6.40. The van der Waals surface area contributed by atoms with E-state index >= 15 is 0 Å². The molecule has 1 aromatic carbocycles. The molecule has 0 radical (unpaired) electrons. The van der Waals surface area contributed by atoms with Gasteiger partial charge in [-0.05, 0) is 35.6 Å². The summed E-state index contributed by atoms with van der Waals surface area (Å²) in [4.78, 5) is 22.4. The van der Waals surface area contributed by atoms with Crippen LogP contribution >= 0.6 is 23.1 Å². The molecule has 6 heteroatoms. The Morgan fingerprint density at radius 3 is 2.81 bits per heavy atom. The van der Waals surface area contributed by atoms with Gasteiger partial charge in [-0.25, -0.2) is 0 Å². The summed E-state index contributed by atoms with van der Waals surface area (Å²) in [7, 11) is 0. The first-order chi connectivity index (χ1) is 10.1. The number of hydrogen-bond donors (Lipinski definition) is 2. The van der Waals surface area contributed by atoms with Crippen molar-refractivity contribution in [2.75, 3.05) is 11.1 Å². The summed E-state index contributed by atoms with van der Waals surface area (Å²) in [6.07, 6.45) is 0.550. The lowest BCUT2D eigenvalue weighted by molar-refractivity contribution is -0.137. The Labute approximate surface area is 131 Å². The van der Waals surface area contributed by atoms with Crippen LogP contribution in [0.4, 0.5) is 5.69 Å². The Hall–Kier alpha value is -1.79. The summed E-state index contributed by atoms with van der Waals surface area (Å²) in [6, 6.07) is 11.2. The van der Waals surface area contributed by atoms with Crippen LogP contribution in [0.2, 0.25) is 0 Å². The Balaban J connectivity index is 1.85. The standard InChI is InChI=1S/C15H15NO3S2/c17-13(10-21-15-5-2-8-20-15)16-12-4-1-3-11(9-12)6-7-14(18)19/h1-5,8-9H,6-7,10H2,(H,16,17)(H,18,19). The monoisotopic (exact) mass is 321 g/mol. The molecule has 2 N–H and O–H groups in total. The predicted octanol–water partition coefficient (Wildman–Crippen LogP) is 3.50. The van der Waals surface area contributed by atoms with Gasteiger partial charge in [-0.15, -0.1) is 23.1 Å². The summed E-state index contributed by atoms with van der Waals surface area (Å²) in [5, 5.41) is 13.5. The third-order valence-electron chi connectivity index (χ3n) is 2.68. The molecule has 0 bridgehead atoms. The molecule has 2 rings (SSSR count). The Bertz CT molecular complexity index is 611. The van der Waals surface area contributed by atoms with E-state index in [9.17, 15) is 9.59 Å². The van der Waals surface area contributed by atoms with Crippen molar-refractivity contribution in [1.82, 2.24) is 0 Å². The minimum absolute atomic E-state index is 0.0659. The molecule has 0 aliphatic carbocycles. The van der Waals surface area contributed by atoms with Crippen molar-refractivity contribution < 1.29 is 14.7 Å². The molecule has 0 aliphatic heterocycles. The molecular formula is C15H15NO3S2. The SMILES string of the molecule is O=C(O)CCc1cccc(NC(=O)CSc2cccs2)c1. The molecular weight excluding hydrogens is 306 g/mol. The van der Waals surface area contributed by atoms with Gasteiger partial charge in [0.2, 0.25) is 5.91 Å². The number of hydrogen-bond acceptors (Lipinski definition) is 4. The van der Waals surface area contributed by atoms with E-state index in [1.165, 1.54) is 11.8 Å². The first-order valence-corrected chi connectivity index (χ1v) is 8.27. The van der Waals surface area contributed by atoms with Crippen LogP contribution in [0, 0.1) is 0 Å². The van der Waals surface area contributed by atoms with Crippen LogP contribution in [0.5, 0.6) is 0 Å². The van der Waals surface area contributed by atoms with Gasteiger partial charge in [-0.2, -0.15) is 0 Å². The molecule has 1 aromatic heterocycles. The molecule has 21 heavy (non-hydrogen) atoms. The molecule has 1 heterocycles. The highest BCUT2D eigenvalue weighted by atomic mass is 32.2. The van der Waals surface area contributed by atoms with Crippen molar-refractivity contribution in [3.8, 4) is 0 Å². The van der Waals surface area contributed by atoms with Gasteiger partial charge in [0.25, 0.3) is 0 Å². The average Bonchev–Trinajstić information content (AvgIpc) is 2.97. The van der Waals surface area contributed by atoms with Gasteiger partial charge >= 0.3 is 5.97 Å². The molecule has 4 nitrogen and oxygen atoms in total. The molecule has 0 saturated heterocycles. The Morgan fingerprint density at radius 1 is 1.24 bits per heavy atom. The number of amides is 1. The highest BCUT2D eigenvalue weighted by Crippen LogP contribution is 2.23. The second-order valence-electron chi connectivity index (χ2n) is 4.36. The molecule has 0 unspecified atom stereocenters. The highest BCUT2D eigenvalue weighted by Gasteiger charge is 2.05. The molecule has 110 valence electrons. The van der Waals surface area contributed by atoms with Crippen LogP contribution < -0.4 is 5.32 Å². The topological polar surface area (TPSA) is 66.4 Å². The van der Waals surface area contributed by atoms with Crippen LogP contribution in [-0.2, 0) is 16.0 Å². The number of carboxylic acid groups (broad SMARTS) is 1. The number of thioether (sulfide) groups is 1. The molecule has 0 atom stereocenters. The van der Waals surface area contributed by atoms with E-state index in [1.54, 1.807) is 17.4 Å². The van der Waals surface area contributed by atoms with Crippen molar-refractivity contribution in [3.05, 3.63) is 47.3 Å². The van der Waals surface area contributed by atoms with E-state index in [1.807, 2.05) is 35.7 Å². The fraction of sp³-hybridized carbons (Fsp3) is 0.200. The smallest absolute Gasteiger partial charge is 0.303 e. The maximum absolute atomic E-state index is 11.9. The van der Waals surface area contributed by atoms with E-state index in [4.69, 9.17) is 5.11 Å². The van der Waals surface area contributed by atoms with Gasteiger partial charge in [0.05, 0.1) is 9.96 Å². The van der Waals surface area contributed by atoms with E-state index in [2.05, 4.69) is 5.32 Å². The van der Waals surface area contributed by atoms with Crippen molar-refractivity contribution in [3.63, 3.8) is 0 Å². The normalized spacial score (nSPS) is 10.3. The largest absolute Gasteiger partial charge is 0.481 e. The van der Waals surface area contributed by atoms with Crippen LogP contribution in [0.1, 0.15) is 12.0 Å². The van der Waals surface area contributed by atoms with Gasteiger partial charge in [-0.1, -0.05) is 18.2 Å². The number of carboxylic acids is 1. The quantitative estimate of drug-likeness (QED) is 0.766. The molecule has 1 amide bonds. The van der Waals surface area contributed by atoms with E-state index in [0.29, 0.717) is 17.9 Å². The number of thiophene rings is 1. The van der Waals surface area contributed by atoms with Crippen molar-refractivity contribution in [2.24, 2.45) is 0 Å². The number of nitrogens with one attached hydrogen (secondary N) is 1. The predicted molar refractivity (Wildman–Crippen MR) is 86.1 cm³/mol. The molecule has 0 fully saturated rings. The van der Waals surface area contributed by atoms with Crippen molar-refractivity contribution >= 4 is 40.7 Å². The summed E-state index contributed by atoms with van der Waals surface area (Å²) >= 11 is 3.11. The van der Waals surface area contributed by atoms with Crippen molar-refractivity contribution in [1.29, 1.82) is 0 Å². The third kappa shape index (κ3) is 5.61. The van der Waals surface area contributed by atoms with Gasteiger partial charge in [0, 0.05) is 12.1 Å². The van der Waals surface area contributed by atoms with E-state index in [-0.39, 0.29) is 12.3 Å². The zero-order valence-electron chi connectivity index (χ0n) is 11.2. The fourth-order valence-corrected chi connectivity index (χ4v) is 3.32. The Morgan fingerprint density at radius 2 is 2.10 bits per heavy atom. The lowest BCUT2D eigenvalue weighted by Crippen LogP contribution is -2.14. The molecule has 2 aromatic rings.